The minimum Gasteiger partial charge on any atom is -0.484 e. The van der Waals surface area contributed by atoms with E-state index in [1.165, 1.54) is 0 Å². The minimum atomic E-state index is -0.257. The predicted molar refractivity (Wildman–Crippen MR) is 123 cm³/mol. The number of ether oxygens (including phenoxy) is 1. The minimum absolute atomic E-state index is 0.0931. The number of nitrogens with one attached hydrogen (secondary N) is 1. The lowest BCUT2D eigenvalue weighted by Gasteiger charge is -2.08. The second kappa shape index (κ2) is 8.20. The maximum Gasteiger partial charge on any atom is 0.262 e. The number of carbonyl (C=O) groups is 1. The molecule has 5 aromatic rings. The van der Waals surface area contributed by atoms with Gasteiger partial charge < -0.3 is 14.5 Å². The van der Waals surface area contributed by atoms with Crippen molar-refractivity contribution in [1.29, 1.82) is 0 Å². The van der Waals surface area contributed by atoms with E-state index in [1.54, 1.807) is 30.6 Å². The van der Waals surface area contributed by atoms with Crippen LogP contribution in [0.5, 0.6) is 5.75 Å². The highest BCUT2D eigenvalue weighted by Crippen LogP contribution is 2.27. The van der Waals surface area contributed by atoms with Crippen molar-refractivity contribution in [3.05, 3.63) is 83.6 Å². The van der Waals surface area contributed by atoms with Crippen LogP contribution in [0.25, 0.3) is 33.3 Å². The van der Waals surface area contributed by atoms with Gasteiger partial charge in [-0.1, -0.05) is 30.3 Å². The first-order valence-corrected chi connectivity index (χ1v) is 10.4. The molecular formula is C24H16BrN3O3. The summed E-state index contributed by atoms with van der Waals surface area (Å²) in [6.45, 7) is -0.0931. The van der Waals surface area contributed by atoms with Gasteiger partial charge in [0.15, 0.2) is 12.2 Å². The molecule has 0 atom stereocenters. The number of amides is 1. The van der Waals surface area contributed by atoms with Crippen molar-refractivity contribution in [3.63, 3.8) is 0 Å². The van der Waals surface area contributed by atoms with Crippen LogP contribution >= 0.6 is 15.9 Å². The average Bonchev–Trinajstić information content (AvgIpc) is 3.21. The molecule has 0 unspecified atom stereocenters. The number of aromatic nitrogens is 2. The summed E-state index contributed by atoms with van der Waals surface area (Å²) in [6.07, 6.45) is 3.38. The van der Waals surface area contributed by atoms with Crippen molar-refractivity contribution >= 4 is 49.4 Å². The molecule has 1 N–H and O–H groups in total. The van der Waals surface area contributed by atoms with E-state index in [2.05, 4.69) is 31.2 Å². The number of carbonyl (C=O) groups excluding carboxylic acids is 1. The lowest BCUT2D eigenvalue weighted by Crippen LogP contribution is -2.20. The SMILES string of the molecule is O=C(COc1ccc2ccccc2c1)Nc1ccc2oc(-c3cncc(Br)c3)nc2c1. The van der Waals surface area contributed by atoms with Gasteiger partial charge >= 0.3 is 0 Å². The Kier molecular flexibility index (Phi) is 5.09. The summed E-state index contributed by atoms with van der Waals surface area (Å²) in [5.74, 6) is 0.854. The Bertz CT molecular complexity index is 1410. The molecule has 2 aromatic heterocycles. The molecule has 3 aromatic carbocycles. The van der Waals surface area contributed by atoms with Crippen LogP contribution in [0.3, 0.4) is 0 Å². The Hall–Kier alpha value is -3.71. The fourth-order valence-electron chi connectivity index (χ4n) is 3.26. The number of oxazole rings is 1. The molecule has 0 saturated heterocycles. The Labute approximate surface area is 186 Å². The monoisotopic (exact) mass is 473 g/mol. The fraction of sp³-hybridized carbons (Fsp3) is 0.0417. The second-order valence-corrected chi connectivity index (χ2v) is 7.85. The van der Waals surface area contributed by atoms with Gasteiger partial charge in [0.05, 0.1) is 5.56 Å². The molecule has 0 bridgehead atoms. The molecule has 152 valence electrons. The van der Waals surface area contributed by atoms with E-state index >= 15 is 0 Å². The molecule has 0 fully saturated rings. The van der Waals surface area contributed by atoms with E-state index in [9.17, 15) is 4.79 Å². The van der Waals surface area contributed by atoms with Crippen molar-refractivity contribution in [2.75, 3.05) is 11.9 Å². The highest BCUT2D eigenvalue weighted by atomic mass is 79.9. The summed E-state index contributed by atoms with van der Waals surface area (Å²) in [5, 5.41) is 5.02. The summed E-state index contributed by atoms with van der Waals surface area (Å²) in [6, 6.07) is 20.9. The third kappa shape index (κ3) is 4.27. The largest absolute Gasteiger partial charge is 0.484 e. The molecule has 0 aliphatic carbocycles. The number of rotatable bonds is 5. The summed E-state index contributed by atoms with van der Waals surface area (Å²) in [4.78, 5) is 21.0. The molecule has 0 saturated carbocycles. The van der Waals surface area contributed by atoms with Crippen LogP contribution in [0.15, 0.2) is 88.0 Å². The topological polar surface area (TPSA) is 77.2 Å². The number of fused-ring (bicyclic) bond motifs is 2. The third-order valence-corrected chi connectivity index (χ3v) is 5.15. The summed E-state index contributed by atoms with van der Waals surface area (Å²) in [5.41, 5.74) is 2.65. The maximum absolute atomic E-state index is 12.4. The van der Waals surface area contributed by atoms with Gasteiger partial charge in [0.25, 0.3) is 5.91 Å². The van der Waals surface area contributed by atoms with Gasteiger partial charge in [-0.25, -0.2) is 4.98 Å². The summed E-state index contributed by atoms with van der Waals surface area (Å²) >= 11 is 3.39. The van der Waals surface area contributed by atoms with Crippen molar-refractivity contribution in [2.24, 2.45) is 0 Å². The van der Waals surface area contributed by atoms with Crippen LogP contribution in [0.2, 0.25) is 0 Å². The number of hydrogen-bond donors (Lipinski definition) is 1. The van der Waals surface area contributed by atoms with Crippen LogP contribution in [0.1, 0.15) is 0 Å². The summed E-state index contributed by atoms with van der Waals surface area (Å²) in [7, 11) is 0. The molecule has 6 nitrogen and oxygen atoms in total. The average molecular weight is 474 g/mol. The van der Waals surface area contributed by atoms with Gasteiger partial charge in [0.2, 0.25) is 5.89 Å². The standard InChI is InChI=1S/C24H16BrN3O3/c25-18-9-17(12-26-13-18)24-28-21-11-19(6-8-22(21)31-24)27-23(29)14-30-20-7-5-15-3-1-2-4-16(15)10-20/h1-13H,14H2,(H,27,29). The van der Waals surface area contributed by atoms with Crippen LogP contribution in [0.4, 0.5) is 5.69 Å². The lowest BCUT2D eigenvalue weighted by molar-refractivity contribution is -0.118. The van der Waals surface area contributed by atoms with Crippen LogP contribution in [-0.4, -0.2) is 22.5 Å². The van der Waals surface area contributed by atoms with E-state index in [-0.39, 0.29) is 12.5 Å². The number of anilines is 1. The molecule has 0 radical (unpaired) electrons. The zero-order valence-corrected chi connectivity index (χ0v) is 17.8. The number of hydrogen-bond acceptors (Lipinski definition) is 5. The zero-order chi connectivity index (χ0) is 21.2. The quantitative estimate of drug-likeness (QED) is 0.347. The van der Waals surface area contributed by atoms with Gasteiger partial charge in [0.1, 0.15) is 11.3 Å². The normalized spacial score (nSPS) is 11.0. The molecule has 2 heterocycles. The fourth-order valence-corrected chi connectivity index (χ4v) is 3.63. The molecular weight excluding hydrogens is 458 g/mol. The van der Waals surface area contributed by atoms with Crippen molar-refractivity contribution < 1.29 is 13.9 Å². The Morgan fingerprint density at radius 2 is 1.87 bits per heavy atom. The van der Waals surface area contributed by atoms with Crippen LogP contribution < -0.4 is 10.1 Å². The number of pyridine rings is 1. The predicted octanol–water partition coefficient (Wildman–Crippen LogP) is 5.82. The molecule has 1 amide bonds. The molecule has 0 spiro atoms. The third-order valence-electron chi connectivity index (χ3n) is 4.71. The van der Waals surface area contributed by atoms with E-state index in [0.717, 1.165) is 20.8 Å². The Balaban J connectivity index is 1.27. The van der Waals surface area contributed by atoms with Crippen LogP contribution in [0, 0.1) is 0 Å². The highest BCUT2D eigenvalue weighted by Gasteiger charge is 2.11. The van der Waals surface area contributed by atoms with Crippen molar-refractivity contribution in [3.8, 4) is 17.2 Å². The van der Waals surface area contributed by atoms with Crippen molar-refractivity contribution in [2.45, 2.75) is 0 Å². The van der Waals surface area contributed by atoms with E-state index in [0.29, 0.717) is 28.4 Å². The smallest absolute Gasteiger partial charge is 0.262 e. The highest BCUT2D eigenvalue weighted by molar-refractivity contribution is 9.10. The Morgan fingerprint density at radius 3 is 2.74 bits per heavy atom. The number of halogens is 1. The van der Waals surface area contributed by atoms with Gasteiger partial charge in [-0.05, 0) is 63.1 Å². The van der Waals surface area contributed by atoms with Gasteiger partial charge in [-0.2, -0.15) is 0 Å². The molecule has 7 heteroatoms. The zero-order valence-electron chi connectivity index (χ0n) is 16.2. The number of benzene rings is 3. The molecule has 0 aliphatic heterocycles. The second-order valence-electron chi connectivity index (χ2n) is 6.94. The molecule has 31 heavy (non-hydrogen) atoms. The molecule has 5 rings (SSSR count). The molecule has 0 aliphatic rings. The number of nitrogens with zero attached hydrogens (tertiary/aromatic N) is 2. The van der Waals surface area contributed by atoms with Gasteiger partial charge in [0, 0.05) is 22.6 Å². The maximum atomic E-state index is 12.4. The van der Waals surface area contributed by atoms with Gasteiger partial charge in [-0.15, -0.1) is 0 Å². The first kappa shape index (κ1) is 19.3. The first-order chi connectivity index (χ1) is 15.1. The lowest BCUT2D eigenvalue weighted by atomic mass is 10.1. The van der Waals surface area contributed by atoms with Gasteiger partial charge in [-0.3, -0.25) is 9.78 Å². The van der Waals surface area contributed by atoms with E-state index < -0.39 is 0 Å². The Morgan fingerprint density at radius 1 is 1.00 bits per heavy atom. The van der Waals surface area contributed by atoms with Crippen molar-refractivity contribution in [1.82, 2.24) is 9.97 Å². The first-order valence-electron chi connectivity index (χ1n) is 9.57. The van der Waals surface area contributed by atoms with E-state index in [4.69, 9.17) is 9.15 Å². The summed E-state index contributed by atoms with van der Waals surface area (Å²) < 4.78 is 12.3. The van der Waals surface area contributed by atoms with Crippen LogP contribution in [-0.2, 0) is 4.79 Å². The van der Waals surface area contributed by atoms with E-state index in [1.807, 2.05) is 48.5 Å².